The Labute approximate surface area is 151 Å². The van der Waals surface area contributed by atoms with Gasteiger partial charge in [0.2, 0.25) is 0 Å². The van der Waals surface area contributed by atoms with E-state index in [2.05, 4.69) is 42.1 Å². The molecule has 0 saturated carbocycles. The van der Waals surface area contributed by atoms with Gasteiger partial charge in [0.05, 0.1) is 12.3 Å². The number of nitrogens with zero attached hydrogens (tertiary/aromatic N) is 8. The van der Waals surface area contributed by atoms with Gasteiger partial charge in [0.25, 0.3) is 5.78 Å². The molecule has 0 spiro atoms. The minimum atomic E-state index is 0.370. The summed E-state index contributed by atoms with van der Waals surface area (Å²) < 4.78 is 7.00. The maximum Gasteiger partial charge on any atom is 0.254 e. The standard InChI is InChI=1S/C17H22N8O/c1-23(10-14-5-4-8-24(14)15-6-3-7-19-22-15)16-9-13(11-26-2)21-17-18-12-20-25(16)17/h3,6-7,9,12,14H,4-5,8,10-11H2,1-2H3. The van der Waals surface area contributed by atoms with Crippen LogP contribution in [0.1, 0.15) is 18.5 Å². The zero-order valence-corrected chi connectivity index (χ0v) is 15.0. The SMILES string of the molecule is COCc1cc(N(C)CC2CCCN2c2cccnn2)n2ncnc2n1. The number of hydrogen-bond donors (Lipinski definition) is 0. The fraction of sp³-hybridized carbons (Fsp3) is 0.471. The summed E-state index contributed by atoms with van der Waals surface area (Å²) in [7, 11) is 3.73. The van der Waals surface area contributed by atoms with E-state index in [0.29, 0.717) is 18.4 Å². The molecule has 0 aromatic carbocycles. The van der Waals surface area contributed by atoms with Crippen LogP contribution < -0.4 is 9.80 Å². The molecule has 9 heteroatoms. The van der Waals surface area contributed by atoms with Crippen molar-refractivity contribution in [3.63, 3.8) is 0 Å². The van der Waals surface area contributed by atoms with Crippen LogP contribution in [0.3, 0.4) is 0 Å². The summed E-state index contributed by atoms with van der Waals surface area (Å²) in [5.74, 6) is 2.47. The van der Waals surface area contributed by atoms with Gasteiger partial charge >= 0.3 is 0 Å². The van der Waals surface area contributed by atoms with E-state index >= 15 is 0 Å². The third-order valence-corrected chi connectivity index (χ3v) is 4.68. The monoisotopic (exact) mass is 354 g/mol. The van der Waals surface area contributed by atoms with Crippen molar-refractivity contribution in [1.82, 2.24) is 29.8 Å². The average Bonchev–Trinajstić information content (AvgIpc) is 3.31. The van der Waals surface area contributed by atoms with Gasteiger partial charge in [0.15, 0.2) is 5.82 Å². The van der Waals surface area contributed by atoms with Gasteiger partial charge in [0, 0.05) is 45.6 Å². The molecule has 1 atom stereocenters. The summed E-state index contributed by atoms with van der Waals surface area (Å²) in [5.41, 5.74) is 0.840. The number of rotatable bonds is 6. The molecule has 1 saturated heterocycles. The second-order valence-electron chi connectivity index (χ2n) is 6.46. The molecule has 0 aliphatic carbocycles. The second kappa shape index (κ2) is 7.20. The highest BCUT2D eigenvalue weighted by atomic mass is 16.5. The maximum atomic E-state index is 5.23. The zero-order chi connectivity index (χ0) is 17.9. The van der Waals surface area contributed by atoms with Crippen molar-refractivity contribution in [3.8, 4) is 0 Å². The molecule has 4 rings (SSSR count). The third-order valence-electron chi connectivity index (χ3n) is 4.68. The van der Waals surface area contributed by atoms with Gasteiger partial charge in [-0.2, -0.15) is 19.7 Å². The summed E-state index contributed by atoms with van der Waals surface area (Å²) in [5, 5.41) is 12.6. The largest absolute Gasteiger partial charge is 0.378 e. The molecule has 0 radical (unpaired) electrons. The highest BCUT2D eigenvalue weighted by Gasteiger charge is 2.27. The fourth-order valence-electron chi connectivity index (χ4n) is 3.52. The number of anilines is 2. The Morgan fingerprint density at radius 2 is 2.31 bits per heavy atom. The normalized spacial score (nSPS) is 17.2. The molecule has 4 heterocycles. The number of ether oxygens (including phenoxy) is 1. The van der Waals surface area contributed by atoms with Crippen molar-refractivity contribution >= 4 is 17.4 Å². The Hall–Kier alpha value is -2.81. The quantitative estimate of drug-likeness (QED) is 0.652. The van der Waals surface area contributed by atoms with Gasteiger partial charge in [-0.15, -0.1) is 5.10 Å². The first-order chi connectivity index (χ1) is 12.8. The van der Waals surface area contributed by atoms with E-state index in [0.717, 1.165) is 43.3 Å². The molecule has 3 aromatic rings. The summed E-state index contributed by atoms with van der Waals surface area (Å²) >= 11 is 0. The van der Waals surface area contributed by atoms with E-state index in [1.54, 1.807) is 17.8 Å². The molecule has 1 aliphatic rings. The van der Waals surface area contributed by atoms with E-state index in [1.807, 2.05) is 18.2 Å². The molecule has 0 bridgehead atoms. The molecule has 26 heavy (non-hydrogen) atoms. The fourth-order valence-corrected chi connectivity index (χ4v) is 3.52. The van der Waals surface area contributed by atoms with E-state index in [-0.39, 0.29) is 0 Å². The predicted octanol–water partition coefficient (Wildman–Crippen LogP) is 1.17. The van der Waals surface area contributed by atoms with Crippen molar-refractivity contribution in [2.75, 3.05) is 37.0 Å². The summed E-state index contributed by atoms with van der Waals surface area (Å²) in [6.45, 7) is 2.29. The maximum absolute atomic E-state index is 5.23. The van der Waals surface area contributed by atoms with Gasteiger partial charge < -0.3 is 14.5 Å². The molecular formula is C17H22N8O. The Bertz CT molecular complexity index is 868. The smallest absolute Gasteiger partial charge is 0.254 e. The van der Waals surface area contributed by atoms with Crippen molar-refractivity contribution in [2.45, 2.75) is 25.5 Å². The van der Waals surface area contributed by atoms with E-state index in [4.69, 9.17) is 4.74 Å². The van der Waals surface area contributed by atoms with Gasteiger partial charge in [-0.25, -0.2) is 4.98 Å². The van der Waals surface area contributed by atoms with Crippen molar-refractivity contribution in [2.24, 2.45) is 0 Å². The molecule has 1 unspecified atom stereocenters. The molecule has 0 N–H and O–H groups in total. The lowest BCUT2D eigenvalue weighted by atomic mass is 10.2. The Balaban J connectivity index is 1.59. The number of fused-ring (bicyclic) bond motifs is 1. The van der Waals surface area contributed by atoms with Crippen LogP contribution in [0.4, 0.5) is 11.6 Å². The lowest BCUT2D eigenvalue weighted by molar-refractivity contribution is 0.181. The number of hydrogen-bond acceptors (Lipinski definition) is 8. The summed E-state index contributed by atoms with van der Waals surface area (Å²) in [6, 6.07) is 6.33. The third kappa shape index (κ3) is 3.17. The van der Waals surface area contributed by atoms with Crippen molar-refractivity contribution in [3.05, 3.63) is 36.4 Å². The molecule has 1 aliphatic heterocycles. The first-order valence-electron chi connectivity index (χ1n) is 8.70. The van der Waals surface area contributed by atoms with Crippen LogP contribution in [0.25, 0.3) is 5.78 Å². The number of methoxy groups -OCH3 is 1. The molecule has 9 nitrogen and oxygen atoms in total. The predicted molar refractivity (Wildman–Crippen MR) is 97.2 cm³/mol. The zero-order valence-electron chi connectivity index (χ0n) is 15.0. The molecule has 3 aromatic heterocycles. The molecule has 136 valence electrons. The van der Waals surface area contributed by atoms with Crippen LogP contribution in [0.5, 0.6) is 0 Å². The number of aromatic nitrogens is 6. The minimum absolute atomic E-state index is 0.370. The van der Waals surface area contributed by atoms with E-state index in [9.17, 15) is 0 Å². The highest BCUT2D eigenvalue weighted by molar-refractivity contribution is 5.48. The topological polar surface area (TPSA) is 84.6 Å². The Morgan fingerprint density at radius 1 is 1.38 bits per heavy atom. The molecular weight excluding hydrogens is 332 g/mol. The van der Waals surface area contributed by atoms with Crippen LogP contribution in [0, 0.1) is 0 Å². The number of likely N-dealkylation sites (N-methyl/N-ethyl adjacent to an activating group) is 1. The molecule has 1 fully saturated rings. The van der Waals surface area contributed by atoms with Crippen LogP contribution in [-0.4, -0.2) is 63.1 Å². The van der Waals surface area contributed by atoms with Gasteiger partial charge in [-0.3, -0.25) is 0 Å². The minimum Gasteiger partial charge on any atom is -0.378 e. The summed E-state index contributed by atoms with van der Waals surface area (Å²) in [4.78, 5) is 13.2. The highest BCUT2D eigenvalue weighted by Crippen LogP contribution is 2.25. The lowest BCUT2D eigenvalue weighted by Gasteiger charge is -2.30. The summed E-state index contributed by atoms with van der Waals surface area (Å²) in [6.07, 6.45) is 5.50. The van der Waals surface area contributed by atoms with Gasteiger partial charge in [-0.1, -0.05) is 0 Å². The second-order valence-corrected chi connectivity index (χ2v) is 6.46. The molecule has 0 amide bonds. The van der Waals surface area contributed by atoms with Crippen LogP contribution in [-0.2, 0) is 11.3 Å². The average molecular weight is 354 g/mol. The van der Waals surface area contributed by atoms with Crippen LogP contribution in [0.15, 0.2) is 30.7 Å². The van der Waals surface area contributed by atoms with Crippen molar-refractivity contribution < 1.29 is 4.74 Å². The van der Waals surface area contributed by atoms with Crippen LogP contribution in [0.2, 0.25) is 0 Å². The Kier molecular flexibility index (Phi) is 4.61. The lowest BCUT2D eigenvalue weighted by Crippen LogP contribution is -2.40. The van der Waals surface area contributed by atoms with Crippen molar-refractivity contribution in [1.29, 1.82) is 0 Å². The first-order valence-corrected chi connectivity index (χ1v) is 8.70. The van der Waals surface area contributed by atoms with Gasteiger partial charge in [-0.05, 0) is 25.0 Å². The van der Waals surface area contributed by atoms with Gasteiger partial charge in [0.1, 0.15) is 12.1 Å². The Morgan fingerprint density at radius 3 is 3.12 bits per heavy atom. The van der Waals surface area contributed by atoms with Crippen LogP contribution >= 0.6 is 0 Å². The van der Waals surface area contributed by atoms with E-state index < -0.39 is 0 Å². The first kappa shape index (κ1) is 16.6. The van der Waals surface area contributed by atoms with E-state index in [1.165, 1.54) is 6.33 Å².